The molecule has 3 rings (SSSR count). The summed E-state index contributed by atoms with van der Waals surface area (Å²) in [4.78, 5) is 4.90. The highest BCUT2D eigenvalue weighted by Crippen LogP contribution is 2.24. The first-order chi connectivity index (χ1) is 11.7. The zero-order valence-corrected chi connectivity index (χ0v) is 14.5. The Morgan fingerprint density at radius 1 is 1.17 bits per heavy atom. The highest BCUT2D eigenvalue weighted by Gasteiger charge is 2.36. The monoisotopic (exact) mass is 337 g/mol. The van der Waals surface area contributed by atoms with Crippen molar-refractivity contribution in [2.24, 2.45) is 0 Å². The van der Waals surface area contributed by atoms with Gasteiger partial charge in [-0.05, 0) is 37.2 Å². The average molecular weight is 337 g/mol. The second-order valence-electron chi connectivity index (χ2n) is 6.61. The van der Waals surface area contributed by atoms with Gasteiger partial charge in [0.1, 0.15) is 19.0 Å². The lowest BCUT2D eigenvalue weighted by atomic mass is 10.0. The van der Waals surface area contributed by atoms with Crippen molar-refractivity contribution >= 4 is 5.69 Å². The van der Waals surface area contributed by atoms with Crippen molar-refractivity contribution in [1.29, 1.82) is 0 Å². The number of rotatable bonds is 7. The van der Waals surface area contributed by atoms with Crippen molar-refractivity contribution in [2.75, 3.05) is 71.1 Å². The molecule has 0 radical (unpaired) electrons. The molecule has 0 saturated carbocycles. The Hall–Kier alpha value is -1.37. The summed E-state index contributed by atoms with van der Waals surface area (Å²) in [6, 6.07) is 7.95. The van der Waals surface area contributed by atoms with E-state index < -0.39 is 6.67 Å². The lowest BCUT2D eigenvalue weighted by molar-refractivity contribution is -0.0220. The molecule has 1 unspecified atom stereocenters. The molecule has 1 atom stereocenters. The maximum Gasteiger partial charge on any atom is 0.123 e. The molecule has 2 aliphatic heterocycles. The van der Waals surface area contributed by atoms with Crippen molar-refractivity contribution in [1.82, 2.24) is 10.2 Å². The summed E-state index contributed by atoms with van der Waals surface area (Å²) in [5.41, 5.74) is 1.18. The number of piperazine rings is 1. The Morgan fingerprint density at radius 3 is 2.50 bits per heavy atom. The second-order valence-corrected chi connectivity index (χ2v) is 6.61. The minimum atomic E-state index is -0.456. The number of benzene rings is 1. The van der Waals surface area contributed by atoms with Gasteiger partial charge in [-0.2, -0.15) is 0 Å². The molecule has 1 aromatic carbocycles. The van der Waals surface area contributed by atoms with Crippen molar-refractivity contribution in [3.8, 4) is 5.75 Å². The Bertz CT molecular complexity index is 497. The summed E-state index contributed by atoms with van der Waals surface area (Å²) < 4.78 is 23.2. The van der Waals surface area contributed by atoms with Crippen LogP contribution in [0, 0.1) is 0 Å². The first kappa shape index (κ1) is 17.5. The van der Waals surface area contributed by atoms with Crippen LogP contribution in [0.3, 0.4) is 0 Å². The van der Waals surface area contributed by atoms with Crippen LogP contribution in [0.15, 0.2) is 24.3 Å². The summed E-state index contributed by atoms with van der Waals surface area (Å²) in [6.07, 6.45) is 1.09. The smallest absolute Gasteiger partial charge is 0.123 e. The van der Waals surface area contributed by atoms with Crippen molar-refractivity contribution in [3.63, 3.8) is 0 Å². The molecule has 5 nitrogen and oxygen atoms in total. The lowest BCUT2D eigenvalue weighted by Gasteiger charge is -2.40. The second kappa shape index (κ2) is 8.14. The molecule has 1 aromatic rings. The van der Waals surface area contributed by atoms with E-state index in [4.69, 9.17) is 9.47 Å². The standard InChI is InChI=1S/C18H28FN3O2/c1-23-18(6-8-20-14-18)15-21-9-11-22(12-10-21)16-2-4-17(5-3-16)24-13-7-19/h2-5,20H,6-15H2,1H3. The number of ether oxygens (including phenoxy) is 2. The van der Waals surface area contributed by atoms with Crippen LogP contribution in [0.2, 0.25) is 0 Å². The summed E-state index contributed by atoms with van der Waals surface area (Å²) in [5.74, 6) is 0.728. The van der Waals surface area contributed by atoms with Gasteiger partial charge in [0.25, 0.3) is 0 Å². The van der Waals surface area contributed by atoms with Gasteiger partial charge in [0, 0.05) is 52.1 Å². The van der Waals surface area contributed by atoms with Crippen LogP contribution in [-0.4, -0.2) is 76.7 Å². The molecule has 0 aliphatic carbocycles. The predicted octanol–water partition coefficient (Wildman–Crippen LogP) is 1.54. The Morgan fingerprint density at radius 2 is 1.92 bits per heavy atom. The van der Waals surface area contributed by atoms with E-state index in [9.17, 15) is 4.39 Å². The molecule has 0 spiro atoms. The third-order valence-electron chi connectivity index (χ3n) is 5.07. The van der Waals surface area contributed by atoms with Gasteiger partial charge in [0.05, 0.1) is 5.60 Å². The summed E-state index contributed by atoms with van der Waals surface area (Å²) >= 11 is 0. The van der Waals surface area contributed by atoms with E-state index in [-0.39, 0.29) is 12.2 Å². The van der Waals surface area contributed by atoms with Crippen LogP contribution in [0.4, 0.5) is 10.1 Å². The first-order valence-electron chi connectivity index (χ1n) is 8.77. The quantitative estimate of drug-likeness (QED) is 0.817. The minimum absolute atomic E-state index is 0.0163. The van der Waals surface area contributed by atoms with E-state index in [0.717, 1.165) is 58.0 Å². The molecule has 2 saturated heterocycles. The molecule has 2 aliphatic rings. The predicted molar refractivity (Wildman–Crippen MR) is 93.8 cm³/mol. The molecule has 0 bridgehead atoms. The third-order valence-corrected chi connectivity index (χ3v) is 5.07. The Kier molecular flexibility index (Phi) is 5.92. The van der Waals surface area contributed by atoms with Crippen LogP contribution in [0.1, 0.15) is 6.42 Å². The van der Waals surface area contributed by atoms with Gasteiger partial charge in [-0.3, -0.25) is 4.90 Å². The molecule has 0 aromatic heterocycles. The van der Waals surface area contributed by atoms with Crippen LogP contribution in [0.25, 0.3) is 0 Å². The fourth-order valence-corrected chi connectivity index (χ4v) is 3.58. The molecule has 2 heterocycles. The zero-order valence-electron chi connectivity index (χ0n) is 14.5. The van der Waals surface area contributed by atoms with Gasteiger partial charge in [-0.1, -0.05) is 0 Å². The average Bonchev–Trinajstić information content (AvgIpc) is 3.10. The third kappa shape index (κ3) is 4.18. The van der Waals surface area contributed by atoms with Gasteiger partial charge >= 0.3 is 0 Å². The van der Waals surface area contributed by atoms with Gasteiger partial charge in [-0.25, -0.2) is 4.39 Å². The van der Waals surface area contributed by atoms with E-state index in [1.165, 1.54) is 5.69 Å². The Balaban J connectivity index is 1.49. The minimum Gasteiger partial charge on any atom is -0.491 e. The number of hydrogen-bond acceptors (Lipinski definition) is 5. The summed E-state index contributed by atoms with van der Waals surface area (Å²) in [5, 5.41) is 3.41. The molecule has 134 valence electrons. The fourth-order valence-electron chi connectivity index (χ4n) is 3.58. The van der Waals surface area contributed by atoms with Crippen molar-refractivity contribution < 1.29 is 13.9 Å². The van der Waals surface area contributed by atoms with E-state index >= 15 is 0 Å². The molecule has 6 heteroatoms. The molecular formula is C18H28FN3O2. The van der Waals surface area contributed by atoms with E-state index in [1.807, 2.05) is 19.2 Å². The first-order valence-corrected chi connectivity index (χ1v) is 8.77. The van der Waals surface area contributed by atoms with Crippen LogP contribution in [-0.2, 0) is 4.74 Å². The number of nitrogens with zero attached hydrogens (tertiary/aromatic N) is 2. The lowest BCUT2D eigenvalue weighted by Crippen LogP contribution is -2.53. The highest BCUT2D eigenvalue weighted by molar-refractivity contribution is 5.49. The van der Waals surface area contributed by atoms with Crippen molar-refractivity contribution in [3.05, 3.63) is 24.3 Å². The maximum absolute atomic E-state index is 12.1. The van der Waals surface area contributed by atoms with Crippen LogP contribution < -0.4 is 15.0 Å². The number of alkyl halides is 1. The number of hydrogen-bond donors (Lipinski definition) is 1. The van der Waals surface area contributed by atoms with Crippen LogP contribution in [0.5, 0.6) is 5.75 Å². The number of methoxy groups -OCH3 is 1. The largest absolute Gasteiger partial charge is 0.491 e. The van der Waals surface area contributed by atoms with Gasteiger partial charge in [-0.15, -0.1) is 0 Å². The van der Waals surface area contributed by atoms with Crippen LogP contribution >= 0.6 is 0 Å². The molecule has 0 amide bonds. The van der Waals surface area contributed by atoms with Gasteiger partial charge in [0.15, 0.2) is 0 Å². The highest BCUT2D eigenvalue weighted by atomic mass is 19.1. The number of nitrogens with one attached hydrogen (secondary N) is 1. The molecule has 2 fully saturated rings. The summed E-state index contributed by atoms with van der Waals surface area (Å²) in [6.45, 7) is 6.78. The molecular weight excluding hydrogens is 309 g/mol. The van der Waals surface area contributed by atoms with Crippen molar-refractivity contribution in [2.45, 2.75) is 12.0 Å². The maximum atomic E-state index is 12.1. The topological polar surface area (TPSA) is 37.0 Å². The van der Waals surface area contributed by atoms with E-state index in [1.54, 1.807) is 0 Å². The SMILES string of the molecule is COC1(CN2CCN(c3ccc(OCCF)cc3)CC2)CCNC1. The van der Waals surface area contributed by atoms with Gasteiger partial charge in [0.2, 0.25) is 0 Å². The Labute approximate surface area is 143 Å². The van der Waals surface area contributed by atoms with E-state index in [2.05, 4.69) is 27.2 Å². The number of anilines is 1. The normalized spacial score (nSPS) is 25.2. The zero-order chi connectivity index (χ0) is 16.8. The molecule has 1 N–H and O–H groups in total. The fraction of sp³-hybridized carbons (Fsp3) is 0.667. The number of halogens is 1. The summed E-state index contributed by atoms with van der Waals surface area (Å²) in [7, 11) is 1.83. The van der Waals surface area contributed by atoms with E-state index in [0.29, 0.717) is 0 Å². The van der Waals surface area contributed by atoms with Gasteiger partial charge < -0.3 is 19.7 Å². The molecule has 24 heavy (non-hydrogen) atoms.